The van der Waals surface area contributed by atoms with Gasteiger partial charge in [-0.05, 0) is 49.4 Å². The number of carbonyl (C=O) groups is 2. The molecule has 25 heavy (non-hydrogen) atoms. The monoisotopic (exact) mass is 347 g/mol. The van der Waals surface area contributed by atoms with Crippen molar-refractivity contribution < 1.29 is 24.2 Å². The molecule has 1 aromatic rings. The number of piperidine rings is 1. The topological polar surface area (TPSA) is 76.1 Å². The van der Waals surface area contributed by atoms with Crippen LogP contribution in [-0.4, -0.2) is 54.8 Å². The van der Waals surface area contributed by atoms with E-state index in [4.69, 9.17) is 9.47 Å². The number of rotatable bonds is 4. The molecule has 0 saturated carbocycles. The average molecular weight is 347 g/mol. The van der Waals surface area contributed by atoms with Gasteiger partial charge in [-0.15, -0.1) is 0 Å². The van der Waals surface area contributed by atoms with Crippen LogP contribution in [0.1, 0.15) is 29.5 Å². The van der Waals surface area contributed by atoms with Gasteiger partial charge in [0.05, 0.1) is 6.61 Å². The number of carbonyl (C=O) groups excluding carboxylic acids is 1. The van der Waals surface area contributed by atoms with Gasteiger partial charge in [-0.25, -0.2) is 0 Å². The number of hydrogen-bond donors (Lipinski definition) is 1. The Bertz CT molecular complexity index is 666. The summed E-state index contributed by atoms with van der Waals surface area (Å²) in [4.78, 5) is 26.3. The van der Waals surface area contributed by atoms with Crippen molar-refractivity contribution in [1.29, 1.82) is 0 Å². The zero-order chi connectivity index (χ0) is 18.2. The number of methoxy groups -OCH3 is 1. The Morgan fingerprint density at radius 3 is 2.76 bits per heavy atom. The van der Waals surface area contributed by atoms with Crippen LogP contribution in [0.4, 0.5) is 0 Å². The fourth-order valence-corrected chi connectivity index (χ4v) is 3.81. The summed E-state index contributed by atoms with van der Waals surface area (Å²) in [6.07, 6.45) is 1.14. The predicted octanol–water partition coefficient (Wildman–Crippen LogP) is 1.95. The van der Waals surface area contributed by atoms with E-state index >= 15 is 0 Å². The van der Waals surface area contributed by atoms with Gasteiger partial charge < -0.3 is 19.5 Å². The number of benzene rings is 1. The van der Waals surface area contributed by atoms with Gasteiger partial charge in [0.25, 0.3) is 5.91 Å². The second-order valence-electron chi connectivity index (χ2n) is 7.24. The summed E-state index contributed by atoms with van der Waals surface area (Å²) in [6, 6.07) is 4.04. The molecule has 2 atom stereocenters. The number of nitrogens with zero attached hydrogens (tertiary/aromatic N) is 1. The van der Waals surface area contributed by atoms with Crippen molar-refractivity contribution in [2.45, 2.75) is 39.2 Å². The summed E-state index contributed by atoms with van der Waals surface area (Å²) in [6.45, 7) is 4.90. The molecule has 1 saturated heterocycles. The Labute approximate surface area is 147 Å². The average Bonchev–Trinajstić information content (AvgIpc) is 2.97. The Hall–Kier alpha value is -2.08. The molecule has 2 aliphatic heterocycles. The predicted molar refractivity (Wildman–Crippen MR) is 91.8 cm³/mol. The van der Waals surface area contributed by atoms with Gasteiger partial charge in [-0.1, -0.05) is 6.07 Å². The number of likely N-dealkylation sites (tertiary alicyclic amines) is 1. The van der Waals surface area contributed by atoms with Gasteiger partial charge in [0, 0.05) is 26.6 Å². The first-order chi connectivity index (χ1) is 11.9. The van der Waals surface area contributed by atoms with Gasteiger partial charge >= 0.3 is 5.97 Å². The van der Waals surface area contributed by atoms with Crippen molar-refractivity contribution in [2.24, 2.45) is 5.41 Å². The smallest absolute Gasteiger partial charge is 0.313 e. The lowest BCUT2D eigenvalue weighted by molar-refractivity contribution is -0.160. The largest absolute Gasteiger partial charge is 0.481 e. The summed E-state index contributed by atoms with van der Waals surface area (Å²) in [5.41, 5.74) is 2.33. The third kappa shape index (κ3) is 3.23. The molecule has 2 heterocycles. The standard InChI is InChI=1S/C19H25NO5/c1-12-7-14-9-16(25-15(14)8-13(12)2)17(21)20-6-4-5-19(10-20,11-24-3)18(22)23/h7-8,16H,4-6,9-11H2,1-3H3,(H,22,23). The molecule has 1 fully saturated rings. The number of carboxylic acids is 1. The molecule has 1 aromatic carbocycles. The summed E-state index contributed by atoms with van der Waals surface area (Å²) in [5, 5.41) is 9.64. The first-order valence-corrected chi connectivity index (χ1v) is 8.64. The van der Waals surface area contributed by atoms with E-state index in [2.05, 4.69) is 6.07 Å². The van der Waals surface area contributed by atoms with Gasteiger partial charge in [-0.3, -0.25) is 9.59 Å². The fourth-order valence-electron chi connectivity index (χ4n) is 3.81. The molecule has 0 bridgehead atoms. The van der Waals surface area contributed by atoms with E-state index in [1.807, 2.05) is 19.9 Å². The Kier molecular flexibility index (Phi) is 4.73. The molecule has 0 radical (unpaired) electrons. The maximum absolute atomic E-state index is 12.9. The lowest BCUT2D eigenvalue weighted by Crippen LogP contribution is -2.54. The number of aliphatic carboxylic acids is 1. The zero-order valence-electron chi connectivity index (χ0n) is 15.0. The first kappa shape index (κ1) is 17.7. The number of ether oxygens (including phenoxy) is 2. The fraction of sp³-hybridized carbons (Fsp3) is 0.579. The summed E-state index contributed by atoms with van der Waals surface area (Å²) in [7, 11) is 1.49. The number of fused-ring (bicyclic) bond motifs is 1. The summed E-state index contributed by atoms with van der Waals surface area (Å²) >= 11 is 0. The highest BCUT2D eigenvalue weighted by atomic mass is 16.5. The molecule has 2 unspecified atom stereocenters. The van der Waals surface area contributed by atoms with E-state index in [1.165, 1.54) is 12.7 Å². The number of aryl methyl sites for hydroxylation is 2. The van der Waals surface area contributed by atoms with E-state index in [0.29, 0.717) is 25.8 Å². The lowest BCUT2D eigenvalue weighted by atomic mass is 9.80. The third-order valence-corrected chi connectivity index (χ3v) is 5.39. The molecule has 6 heteroatoms. The number of amides is 1. The van der Waals surface area contributed by atoms with Gasteiger partial charge in [0.15, 0.2) is 6.10 Å². The highest BCUT2D eigenvalue weighted by Crippen LogP contribution is 2.35. The maximum atomic E-state index is 12.9. The van der Waals surface area contributed by atoms with E-state index in [1.54, 1.807) is 4.90 Å². The minimum absolute atomic E-state index is 0.107. The Morgan fingerprint density at radius 1 is 1.36 bits per heavy atom. The molecule has 1 N–H and O–H groups in total. The van der Waals surface area contributed by atoms with E-state index < -0.39 is 17.5 Å². The molecule has 0 aliphatic carbocycles. The van der Waals surface area contributed by atoms with Crippen molar-refractivity contribution in [1.82, 2.24) is 4.90 Å². The van der Waals surface area contributed by atoms with Crippen LogP contribution in [0, 0.1) is 19.3 Å². The van der Waals surface area contributed by atoms with Gasteiger partial charge in [-0.2, -0.15) is 0 Å². The molecular formula is C19H25NO5. The third-order valence-electron chi connectivity index (χ3n) is 5.39. The van der Waals surface area contributed by atoms with Crippen LogP contribution in [0.25, 0.3) is 0 Å². The van der Waals surface area contributed by atoms with Gasteiger partial charge in [0.2, 0.25) is 0 Å². The second-order valence-corrected chi connectivity index (χ2v) is 7.24. The lowest BCUT2D eigenvalue weighted by Gasteiger charge is -2.40. The van der Waals surface area contributed by atoms with E-state index in [-0.39, 0.29) is 19.1 Å². The minimum atomic E-state index is -1.03. The van der Waals surface area contributed by atoms with Crippen LogP contribution in [-0.2, 0) is 20.7 Å². The van der Waals surface area contributed by atoms with Crippen LogP contribution < -0.4 is 4.74 Å². The maximum Gasteiger partial charge on any atom is 0.313 e. The van der Waals surface area contributed by atoms with Crippen molar-refractivity contribution >= 4 is 11.9 Å². The van der Waals surface area contributed by atoms with Gasteiger partial charge in [0.1, 0.15) is 11.2 Å². The molecule has 6 nitrogen and oxygen atoms in total. The summed E-state index contributed by atoms with van der Waals surface area (Å²) < 4.78 is 11.0. The molecule has 3 rings (SSSR count). The van der Waals surface area contributed by atoms with Crippen molar-refractivity contribution in [3.8, 4) is 5.75 Å². The molecule has 0 spiro atoms. The van der Waals surface area contributed by atoms with E-state index in [9.17, 15) is 14.7 Å². The van der Waals surface area contributed by atoms with Crippen molar-refractivity contribution in [3.05, 3.63) is 28.8 Å². The number of carboxylic acid groups (broad SMARTS) is 1. The molecule has 1 amide bonds. The van der Waals surface area contributed by atoms with Crippen LogP contribution in [0.3, 0.4) is 0 Å². The van der Waals surface area contributed by atoms with Crippen LogP contribution in [0.5, 0.6) is 5.75 Å². The minimum Gasteiger partial charge on any atom is -0.481 e. The van der Waals surface area contributed by atoms with Crippen LogP contribution in [0.15, 0.2) is 12.1 Å². The quantitative estimate of drug-likeness (QED) is 0.901. The normalized spacial score (nSPS) is 25.4. The van der Waals surface area contributed by atoms with Crippen molar-refractivity contribution in [3.63, 3.8) is 0 Å². The highest BCUT2D eigenvalue weighted by molar-refractivity contribution is 5.84. The molecule has 136 valence electrons. The second kappa shape index (κ2) is 6.67. The zero-order valence-corrected chi connectivity index (χ0v) is 15.0. The number of hydrogen-bond acceptors (Lipinski definition) is 4. The molecule has 0 aromatic heterocycles. The Morgan fingerprint density at radius 2 is 2.08 bits per heavy atom. The van der Waals surface area contributed by atoms with E-state index in [0.717, 1.165) is 16.9 Å². The SMILES string of the molecule is COCC1(C(=O)O)CCCN(C(=O)C2Cc3cc(C)c(C)cc3O2)C1. The Balaban J connectivity index is 1.74. The first-order valence-electron chi connectivity index (χ1n) is 8.64. The molecular weight excluding hydrogens is 322 g/mol. The summed E-state index contributed by atoms with van der Waals surface area (Å²) in [5.74, 6) is -0.276. The van der Waals surface area contributed by atoms with Crippen LogP contribution >= 0.6 is 0 Å². The van der Waals surface area contributed by atoms with Crippen molar-refractivity contribution in [2.75, 3.05) is 26.8 Å². The van der Waals surface area contributed by atoms with Crippen LogP contribution in [0.2, 0.25) is 0 Å². The molecule has 2 aliphatic rings. The highest BCUT2D eigenvalue weighted by Gasteiger charge is 2.45.